The fourth-order valence-electron chi connectivity index (χ4n) is 1.90. The summed E-state index contributed by atoms with van der Waals surface area (Å²) in [5, 5.41) is 14.0. The van der Waals surface area contributed by atoms with Crippen molar-refractivity contribution in [3.8, 4) is 11.6 Å². The van der Waals surface area contributed by atoms with Crippen LogP contribution in [0.1, 0.15) is 18.1 Å². The Bertz CT molecular complexity index is 673. The van der Waals surface area contributed by atoms with Gasteiger partial charge in [-0.25, -0.2) is 0 Å². The summed E-state index contributed by atoms with van der Waals surface area (Å²) in [4.78, 5) is 18.8. The Morgan fingerprint density at radius 2 is 2.05 bits per heavy atom. The number of benzene rings is 1. The van der Waals surface area contributed by atoms with E-state index in [0.29, 0.717) is 23.7 Å². The number of aromatic nitrogens is 2. The van der Waals surface area contributed by atoms with Gasteiger partial charge in [0.25, 0.3) is 5.69 Å². The van der Waals surface area contributed by atoms with Crippen LogP contribution in [0.25, 0.3) is 0 Å². The predicted molar refractivity (Wildman–Crippen MR) is 78.8 cm³/mol. The summed E-state index contributed by atoms with van der Waals surface area (Å²) in [6, 6.07) is 3.13. The van der Waals surface area contributed by atoms with Gasteiger partial charge in [0.2, 0.25) is 5.88 Å². The average Bonchev–Trinajstić information content (AvgIpc) is 2.42. The van der Waals surface area contributed by atoms with Gasteiger partial charge in [0.15, 0.2) is 0 Å². The van der Waals surface area contributed by atoms with Crippen molar-refractivity contribution in [2.24, 2.45) is 0 Å². The second kappa shape index (κ2) is 6.17. The zero-order valence-corrected chi connectivity index (χ0v) is 12.1. The van der Waals surface area contributed by atoms with Gasteiger partial charge in [-0.1, -0.05) is 0 Å². The summed E-state index contributed by atoms with van der Waals surface area (Å²) < 4.78 is 5.62. The maximum atomic E-state index is 11.0. The molecular formula is C14H16N4O3. The second-order valence-corrected chi connectivity index (χ2v) is 4.54. The fourth-order valence-corrected chi connectivity index (χ4v) is 1.90. The van der Waals surface area contributed by atoms with Gasteiger partial charge in [0.1, 0.15) is 11.6 Å². The molecule has 7 nitrogen and oxygen atoms in total. The first-order chi connectivity index (χ1) is 10.0. The van der Waals surface area contributed by atoms with E-state index in [1.807, 2.05) is 13.8 Å². The van der Waals surface area contributed by atoms with Crippen LogP contribution in [0.15, 0.2) is 24.5 Å². The molecule has 2 rings (SSSR count). The zero-order chi connectivity index (χ0) is 15.4. The van der Waals surface area contributed by atoms with Crippen LogP contribution in [-0.4, -0.2) is 21.4 Å². The van der Waals surface area contributed by atoms with Crippen LogP contribution in [0, 0.1) is 24.0 Å². The van der Waals surface area contributed by atoms with Gasteiger partial charge >= 0.3 is 0 Å². The molecule has 0 bridgehead atoms. The number of nitrogens with one attached hydrogen (secondary N) is 1. The number of nitro benzene ring substituents is 1. The first-order valence-electron chi connectivity index (χ1n) is 6.50. The predicted octanol–water partition coefficient (Wildman–Crippen LogP) is 3.23. The smallest absolute Gasteiger partial charge is 0.276 e. The van der Waals surface area contributed by atoms with Crippen LogP contribution in [0.5, 0.6) is 11.6 Å². The van der Waals surface area contributed by atoms with Gasteiger partial charge < -0.3 is 10.1 Å². The number of aryl methyl sites for hydroxylation is 2. The molecule has 0 saturated heterocycles. The lowest BCUT2D eigenvalue weighted by Crippen LogP contribution is -2.01. The number of nitrogens with zero attached hydrogens (tertiary/aromatic N) is 3. The van der Waals surface area contributed by atoms with Crippen molar-refractivity contribution >= 4 is 11.5 Å². The summed E-state index contributed by atoms with van der Waals surface area (Å²) >= 11 is 0. The van der Waals surface area contributed by atoms with Crippen molar-refractivity contribution in [3.63, 3.8) is 0 Å². The van der Waals surface area contributed by atoms with Gasteiger partial charge in [-0.3, -0.25) is 15.1 Å². The summed E-state index contributed by atoms with van der Waals surface area (Å²) in [6.45, 7) is 6.18. The second-order valence-electron chi connectivity index (χ2n) is 4.54. The summed E-state index contributed by atoms with van der Waals surface area (Å²) in [7, 11) is 0. The Morgan fingerprint density at radius 3 is 2.71 bits per heavy atom. The Kier molecular flexibility index (Phi) is 4.32. The molecule has 1 N–H and O–H groups in total. The van der Waals surface area contributed by atoms with Gasteiger partial charge in [0, 0.05) is 12.1 Å². The summed E-state index contributed by atoms with van der Waals surface area (Å²) in [5.41, 5.74) is 1.41. The van der Waals surface area contributed by atoms with E-state index < -0.39 is 4.92 Å². The summed E-state index contributed by atoms with van der Waals surface area (Å²) in [6.07, 6.45) is 3.05. The van der Waals surface area contributed by atoms with E-state index in [1.165, 1.54) is 12.3 Å². The third-order valence-electron chi connectivity index (χ3n) is 2.88. The highest BCUT2D eigenvalue weighted by Crippen LogP contribution is 2.30. The molecule has 0 aliphatic heterocycles. The zero-order valence-electron chi connectivity index (χ0n) is 12.1. The third-order valence-corrected chi connectivity index (χ3v) is 2.88. The minimum atomic E-state index is -0.428. The normalized spacial score (nSPS) is 10.2. The molecule has 0 aliphatic carbocycles. The minimum absolute atomic E-state index is 0.0198. The summed E-state index contributed by atoms with van der Waals surface area (Å²) in [5.74, 6) is 1.28. The molecule has 0 unspecified atom stereocenters. The molecule has 21 heavy (non-hydrogen) atoms. The molecule has 0 saturated carbocycles. The Morgan fingerprint density at radius 1 is 1.29 bits per heavy atom. The lowest BCUT2D eigenvalue weighted by Gasteiger charge is -2.10. The highest BCUT2D eigenvalue weighted by molar-refractivity contribution is 5.50. The molecule has 110 valence electrons. The van der Waals surface area contributed by atoms with Crippen LogP contribution in [0.2, 0.25) is 0 Å². The van der Waals surface area contributed by atoms with Crippen LogP contribution in [0.4, 0.5) is 11.5 Å². The molecule has 0 atom stereocenters. The minimum Gasteiger partial charge on any atom is -0.437 e. The van der Waals surface area contributed by atoms with Crippen molar-refractivity contribution < 1.29 is 9.66 Å². The lowest BCUT2D eigenvalue weighted by atomic mass is 10.1. The quantitative estimate of drug-likeness (QED) is 0.671. The molecule has 0 spiro atoms. The Balaban J connectivity index is 2.33. The Hall–Kier alpha value is -2.70. The van der Waals surface area contributed by atoms with E-state index in [0.717, 1.165) is 5.56 Å². The van der Waals surface area contributed by atoms with E-state index in [9.17, 15) is 10.1 Å². The maximum Gasteiger partial charge on any atom is 0.276 e. The van der Waals surface area contributed by atoms with Crippen LogP contribution < -0.4 is 10.1 Å². The first-order valence-corrected chi connectivity index (χ1v) is 6.50. The highest BCUT2D eigenvalue weighted by Gasteiger charge is 2.15. The molecule has 0 amide bonds. The number of nitro groups is 1. The van der Waals surface area contributed by atoms with Gasteiger partial charge in [-0.05, 0) is 32.4 Å². The molecule has 0 radical (unpaired) electrons. The van der Waals surface area contributed by atoms with Crippen molar-refractivity contribution in [1.29, 1.82) is 0 Å². The topological polar surface area (TPSA) is 90.2 Å². The lowest BCUT2D eigenvalue weighted by molar-refractivity contribution is -0.385. The van der Waals surface area contributed by atoms with E-state index in [-0.39, 0.29) is 11.6 Å². The standard InChI is InChI=1S/C14H16N4O3/c1-4-16-13-7-15-8-14(17-13)21-12-6-11(18(19)20)9(2)5-10(12)3/h5-8H,4H2,1-3H3,(H,16,17). The van der Waals surface area contributed by atoms with Crippen LogP contribution in [0.3, 0.4) is 0 Å². The molecule has 1 aromatic carbocycles. The SMILES string of the molecule is CCNc1cncc(Oc2cc([N+](=O)[O-])c(C)cc2C)n1. The van der Waals surface area contributed by atoms with E-state index >= 15 is 0 Å². The van der Waals surface area contributed by atoms with Crippen molar-refractivity contribution in [3.05, 3.63) is 45.8 Å². The van der Waals surface area contributed by atoms with Gasteiger partial charge in [0.05, 0.1) is 23.4 Å². The number of anilines is 1. The van der Waals surface area contributed by atoms with Gasteiger partial charge in [-0.15, -0.1) is 0 Å². The van der Waals surface area contributed by atoms with Crippen LogP contribution in [-0.2, 0) is 0 Å². The molecule has 2 aromatic rings. The van der Waals surface area contributed by atoms with Gasteiger partial charge in [-0.2, -0.15) is 4.98 Å². The van der Waals surface area contributed by atoms with E-state index in [1.54, 1.807) is 19.2 Å². The largest absolute Gasteiger partial charge is 0.437 e. The molecule has 0 fully saturated rings. The average molecular weight is 288 g/mol. The van der Waals surface area contributed by atoms with Crippen molar-refractivity contribution in [2.45, 2.75) is 20.8 Å². The van der Waals surface area contributed by atoms with Crippen molar-refractivity contribution in [2.75, 3.05) is 11.9 Å². The van der Waals surface area contributed by atoms with E-state index in [4.69, 9.17) is 4.74 Å². The number of hydrogen-bond acceptors (Lipinski definition) is 6. The monoisotopic (exact) mass is 288 g/mol. The van der Waals surface area contributed by atoms with Crippen molar-refractivity contribution in [1.82, 2.24) is 9.97 Å². The highest BCUT2D eigenvalue weighted by atomic mass is 16.6. The number of hydrogen-bond donors (Lipinski definition) is 1. The molecular weight excluding hydrogens is 272 g/mol. The Labute approximate surface area is 122 Å². The fraction of sp³-hybridized carbons (Fsp3) is 0.286. The van der Waals surface area contributed by atoms with E-state index in [2.05, 4.69) is 15.3 Å². The third kappa shape index (κ3) is 3.44. The van der Waals surface area contributed by atoms with Crippen LogP contribution >= 0.6 is 0 Å². The molecule has 0 aliphatic rings. The molecule has 1 heterocycles. The maximum absolute atomic E-state index is 11.0. The first kappa shape index (κ1) is 14.7. The number of rotatable bonds is 5. The molecule has 1 aromatic heterocycles. The molecule has 7 heteroatoms. The number of ether oxygens (including phenoxy) is 1.